The maximum Gasteiger partial charge on any atom is 0.160 e. The first-order valence-corrected chi connectivity index (χ1v) is 4.60. The predicted octanol–water partition coefficient (Wildman–Crippen LogP) is 2.72. The molecule has 2 rings (SSSR count). The van der Waals surface area contributed by atoms with Crippen LogP contribution in [0.5, 0.6) is 0 Å². The summed E-state index contributed by atoms with van der Waals surface area (Å²) in [6.07, 6.45) is 3.42. The van der Waals surface area contributed by atoms with E-state index in [1.807, 2.05) is 26.8 Å². The Morgan fingerprint density at radius 1 is 1.38 bits per heavy atom. The zero-order valence-corrected chi connectivity index (χ0v) is 8.71. The van der Waals surface area contributed by atoms with Gasteiger partial charge in [-0.25, -0.2) is 0 Å². The third-order valence-corrected chi connectivity index (χ3v) is 1.97. The number of rotatable bonds is 0. The van der Waals surface area contributed by atoms with E-state index in [0.29, 0.717) is 0 Å². The van der Waals surface area contributed by atoms with Crippen LogP contribution in [-0.4, -0.2) is 14.6 Å². The number of aromatic nitrogens is 3. The molecule has 0 bridgehead atoms. The highest BCUT2D eigenvalue weighted by molar-refractivity contribution is 6.31. The molecule has 0 aliphatic carbocycles. The number of fused-ring (bicyclic) bond motifs is 1. The molecule has 2 aromatic heterocycles. The van der Waals surface area contributed by atoms with E-state index in [-0.39, 0.29) is 0 Å². The Labute approximate surface area is 82.4 Å². The monoisotopic (exact) mass is 197 g/mol. The largest absolute Gasteiger partial charge is 0.288 e. The molecule has 3 nitrogen and oxygen atoms in total. The standard InChI is InChI=1S/C7H6ClN3.C2H6/c1-5-2-7-10-9-4-11(7)3-6(5)8;1-2/h2-4H,1H3;1-2H3. The molecule has 0 amide bonds. The molecule has 13 heavy (non-hydrogen) atoms. The number of hydrogen-bond donors (Lipinski definition) is 0. The molecule has 0 saturated heterocycles. The van der Waals surface area contributed by atoms with Crippen molar-refractivity contribution in [3.8, 4) is 0 Å². The summed E-state index contributed by atoms with van der Waals surface area (Å²) in [6.45, 7) is 5.94. The van der Waals surface area contributed by atoms with E-state index in [2.05, 4.69) is 10.2 Å². The number of hydrogen-bond acceptors (Lipinski definition) is 2. The van der Waals surface area contributed by atoms with Crippen LogP contribution in [0.15, 0.2) is 18.6 Å². The molecule has 0 radical (unpaired) electrons. The fourth-order valence-corrected chi connectivity index (χ4v) is 1.10. The molecule has 4 heteroatoms. The van der Waals surface area contributed by atoms with Gasteiger partial charge in [-0.2, -0.15) is 0 Å². The Morgan fingerprint density at radius 2 is 2.08 bits per heavy atom. The van der Waals surface area contributed by atoms with E-state index in [1.165, 1.54) is 0 Å². The Hall–Kier alpha value is -1.09. The van der Waals surface area contributed by atoms with Crippen molar-refractivity contribution in [2.75, 3.05) is 0 Å². The highest BCUT2D eigenvalue weighted by Gasteiger charge is 1.98. The van der Waals surface area contributed by atoms with Crippen LogP contribution in [0, 0.1) is 6.92 Å². The Morgan fingerprint density at radius 3 is 2.77 bits per heavy atom. The van der Waals surface area contributed by atoms with Gasteiger partial charge in [0, 0.05) is 6.20 Å². The summed E-state index contributed by atoms with van der Waals surface area (Å²) >= 11 is 5.87. The van der Waals surface area contributed by atoms with Crippen LogP contribution in [0.4, 0.5) is 0 Å². The second-order valence-corrected chi connectivity index (χ2v) is 2.81. The van der Waals surface area contributed by atoms with Crippen molar-refractivity contribution in [3.63, 3.8) is 0 Å². The fraction of sp³-hybridized carbons (Fsp3) is 0.333. The summed E-state index contributed by atoms with van der Waals surface area (Å²) in [5.41, 5.74) is 1.85. The quantitative estimate of drug-likeness (QED) is 0.650. The van der Waals surface area contributed by atoms with Crippen LogP contribution in [0.2, 0.25) is 5.02 Å². The molecule has 2 heterocycles. The predicted molar refractivity (Wildman–Crippen MR) is 54.1 cm³/mol. The summed E-state index contributed by atoms with van der Waals surface area (Å²) in [5, 5.41) is 8.35. The fourth-order valence-electron chi connectivity index (χ4n) is 0.941. The first-order valence-electron chi connectivity index (χ1n) is 4.23. The second-order valence-electron chi connectivity index (χ2n) is 2.40. The lowest BCUT2D eigenvalue weighted by Crippen LogP contribution is -1.84. The normalized spacial score (nSPS) is 9.54. The lowest BCUT2D eigenvalue weighted by molar-refractivity contribution is 1.10. The van der Waals surface area contributed by atoms with E-state index in [1.54, 1.807) is 16.9 Å². The van der Waals surface area contributed by atoms with Crippen LogP contribution in [-0.2, 0) is 0 Å². The van der Waals surface area contributed by atoms with E-state index < -0.39 is 0 Å². The van der Waals surface area contributed by atoms with Gasteiger partial charge in [0.25, 0.3) is 0 Å². The van der Waals surface area contributed by atoms with Gasteiger partial charge in [0.2, 0.25) is 0 Å². The van der Waals surface area contributed by atoms with Crippen molar-refractivity contribution in [2.45, 2.75) is 20.8 Å². The molecule has 2 aromatic rings. The summed E-state index contributed by atoms with van der Waals surface area (Å²) < 4.78 is 1.79. The zero-order chi connectivity index (χ0) is 9.84. The van der Waals surface area contributed by atoms with Crippen LogP contribution in [0.25, 0.3) is 5.65 Å². The first kappa shape index (κ1) is 9.99. The highest BCUT2D eigenvalue weighted by Crippen LogP contribution is 2.15. The van der Waals surface area contributed by atoms with Crippen LogP contribution in [0.1, 0.15) is 19.4 Å². The molecule has 0 saturated carbocycles. The van der Waals surface area contributed by atoms with Gasteiger partial charge in [-0.1, -0.05) is 25.4 Å². The van der Waals surface area contributed by atoms with E-state index in [0.717, 1.165) is 16.2 Å². The molecule has 0 fully saturated rings. The summed E-state index contributed by atoms with van der Waals surface area (Å²) in [5.74, 6) is 0. The summed E-state index contributed by atoms with van der Waals surface area (Å²) in [4.78, 5) is 0. The molecule has 0 atom stereocenters. The van der Waals surface area contributed by atoms with Gasteiger partial charge >= 0.3 is 0 Å². The van der Waals surface area contributed by atoms with Crippen molar-refractivity contribution in [3.05, 3.63) is 29.2 Å². The van der Waals surface area contributed by atoms with Gasteiger partial charge in [-0.05, 0) is 18.6 Å². The topological polar surface area (TPSA) is 30.2 Å². The van der Waals surface area contributed by atoms with Gasteiger partial charge in [0.15, 0.2) is 5.65 Å². The molecule has 70 valence electrons. The van der Waals surface area contributed by atoms with Crippen LogP contribution >= 0.6 is 11.6 Å². The molecule has 0 aliphatic heterocycles. The second kappa shape index (κ2) is 4.23. The molecule has 0 aromatic carbocycles. The van der Waals surface area contributed by atoms with Gasteiger partial charge < -0.3 is 0 Å². The molecule has 0 N–H and O–H groups in total. The smallest absolute Gasteiger partial charge is 0.160 e. The van der Waals surface area contributed by atoms with Gasteiger partial charge in [0.1, 0.15) is 6.33 Å². The van der Waals surface area contributed by atoms with Crippen molar-refractivity contribution in [2.24, 2.45) is 0 Å². The van der Waals surface area contributed by atoms with Crippen LogP contribution < -0.4 is 0 Å². The van der Waals surface area contributed by atoms with E-state index in [4.69, 9.17) is 11.6 Å². The van der Waals surface area contributed by atoms with Crippen molar-refractivity contribution < 1.29 is 0 Å². The Balaban J connectivity index is 0.000000396. The van der Waals surface area contributed by atoms with Crippen molar-refractivity contribution >= 4 is 17.2 Å². The minimum Gasteiger partial charge on any atom is -0.288 e. The third-order valence-electron chi connectivity index (χ3n) is 1.58. The van der Waals surface area contributed by atoms with E-state index >= 15 is 0 Å². The van der Waals surface area contributed by atoms with Crippen LogP contribution in [0.3, 0.4) is 0 Å². The number of pyridine rings is 1. The molecule has 0 unspecified atom stereocenters. The number of nitrogens with zero attached hydrogens (tertiary/aromatic N) is 3. The van der Waals surface area contributed by atoms with Crippen molar-refractivity contribution in [1.82, 2.24) is 14.6 Å². The number of halogens is 1. The van der Waals surface area contributed by atoms with Gasteiger partial charge in [-0.3, -0.25) is 4.40 Å². The summed E-state index contributed by atoms with van der Waals surface area (Å²) in [7, 11) is 0. The minimum atomic E-state index is 0.734. The highest BCUT2D eigenvalue weighted by atomic mass is 35.5. The summed E-state index contributed by atoms with van der Waals surface area (Å²) in [6, 6.07) is 1.90. The van der Waals surface area contributed by atoms with Crippen molar-refractivity contribution in [1.29, 1.82) is 0 Å². The first-order chi connectivity index (χ1) is 6.27. The minimum absolute atomic E-state index is 0.734. The SMILES string of the molecule is CC.Cc1cc2nncn2cc1Cl. The molecular weight excluding hydrogens is 186 g/mol. The lowest BCUT2D eigenvalue weighted by atomic mass is 10.3. The number of aryl methyl sites for hydroxylation is 1. The average molecular weight is 198 g/mol. The van der Waals surface area contributed by atoms with Gasteiger partial charge in [0.05, 0.1) is 5.02 Å². The molecule has 0 aliphatic rings. The van der Waals surface area contributed by atoms with E-state index in [9.17, 15) is 0 Å². The molecular formula is C9H12ClN3. The maximum absolute atomic E-state index is 5.87. The molecule has 0 spiro atoms. The Bertz CT molecular complexity index is 359. The average Bonchev–Trinajstić information content (AvgIpc) is 2.56. The maximum atomic E-state index is 5.87. The van der Waals surface area contributed by atoms with Gasteiger partial charge in [-0.15, -0.1) is 10.2 Å². The zero-order valence-electron chi connectivity index (χ0n) is 7.95. The third kappa shape index (κ3) is 1.98. The lowest BCUT2D eigenvalue weighted by Gasteiger charge is -1.96. The Kier molecular flexibility index (Phi) is 3.25.